The van der Waals surface area contributed by atoms with Crippen molar-refractivity contribution < 1.29 is 19.4 Å². The van der Waals surface area contributed by atoms with E-state index in [1.165, 1.54) is 0 Å². The molecule has 3 rings (SSSR count). The SMILES string of the molecule is CCOc1ccc(C#N)cc1NC(=O)[C@@H]1[C@@H](C(=O)O)[C@H]2C=C[C@H]1C2. The number of carboxylic acid groups (broad SMARTS) is 1. The molecule has 0 unspecified atom stereocenters. The van der Waals surface area contributed by atoms with Gasteiger partial charge in [-0.25, -0.2) is 0 Å². The van der Waals surface area contributed by atoms with Crippen LogP contribution in [-0.4, -0.2) is 23.6 Å². The summed E-state index contributed by atoms with van der Waals surface area (Å²) in [6, 6.07) is 6.81. The van der Waals surface area contributed by atoms with Crippen molar-refractivity contribution in [2.75, 3.05) is 11.9 Å². The van der Waals surface area contributed by atoms with Gasteiger partial charge in [0, 0.05) is 0 Å². The maximum Gasteiger partial charge on any atom is 0.307 e. The molecule has 0 saturated heterocycles. The van der Waals surface area contributed by atoms with E-state index in [2.05, 4.69) is 5.32 Å². The average Bonchev–Trinajstić information content (AvgIpc) is 3.17. The molecule has 0 spiro atoms. The fourth-order valence-electron chi connectivity index (χ4n) is 3.71. The highest BCUT2D eigenvalue weighted by Crippen LogP contribution is 2.48. The Balaban J connectivity index is 1.86. The van der Waals surface area contributed by atoms with Crippen LogP contribution in [0.4, 0.5) is 5.69 Å². The summed E-state index contributed by atoms with van der Waals surface area (Å²) in [6.07, 6.45) is 4.53. The van der Waals surface area contributed by atoms with E-state index >= 15 is 0 Å². The number of nitrogens with zero attached hydrogens (tertiary/aromatic N) is 1. The molecule has 0 radical (unpaired) electrons. The molecule has 0 heterocycles. The molecular formula is C18H18N2O4. The number of benzene rings is 1. The number of nitriles is 1. The summed E-state index contributed by atoms with van der Waals surface area (Å²) >= 11 is 0. The number of aliphatic carboxylic acids is 1. The van der Waals surface area contributed by atoms with E-state index < -0.39 is 17.8 Å². The summed E-state index contributed by atoms with van der Waals surface area (Å²) in [5, 5.41) is 21.3. The largest absolute Gasteiger partial charge is 0.492 e. The van der Waals surface area contributed by atoms with Crippen molar-refractivity contribution in [3.05, 3.63) is 35.9 Å². The highest BCUT2D eigenvalue weighted by atomic mass is 16.5. The molecule has 6 nitrogen and oxygen atoms in total. The normalized spacial score (nSPS) is 26.8. The Morgan fingerprint density at radius 3 is 2.67 bits per heavy atom. The summed E-state index contributed by atoms with van der Waals surface area (Å²) in [7, 11) is 0. The summed E-state index contributed by atoms with van der Waals surface area (Å²) in [5.74, 6) is -2.24. The highest BCUT2D eigenvalue weighted by Gasteiger charge is 2.51. The Bertz CT molecular complexity index is 750. The third kappa shape index (κ3) is 2.73. The number of ether oxygens (including phenoxy) is 1. The lowest BCUT2D eigenvalue weighted by atomic mass is 9.82. The number of nitrogens with one attached hydrogen (secondary N) is 1. The van der Waals surface area contributed by atoms with Gasteiger partial charge >= 0.3 is 5.97 Å². The second-order valence-corrected chi connectivity index (χ2v) is 6.08. The Hall–Kier alpha value is -2.81. The fraction of sp³-hybridized carbons (Fsp3) is 0.389. The maximum absolute atomic E-state index is 12.7. The van der Waals surface area contributed by atoms with Crippen LogP contribution in [0.2, 0.25) is 0 Å². The molecule has 24 heavy (non-hydrogen) atoms. The number of carbonyl (C=O) groups is 2. The van der Waals surface area contributed by atoms with Gasteiger partial charge in [0.25, 0.3) is 0 Å². The number of anilines is 1. The standard InChI is InChI=1S/C18H18N2O4/c1-2-24-14-6-3-10(9-19)7-13(14)20-17(21)15-11-4-5-12(8-11)16(15)18(22)23/h3-7,11-12,15-16H,2,8H2,1H3,(H,20,21)(H,22,23)/t11-,12-,15-,16-/m0/s1. The maximum atomic E-state index is 12.7. The molecule has 2 aliphatic rings. The molecule has 1 saturated carbocycles. The molecule has 1 amide bonds. The minimum absolute atomic E-state index is 0.0502. The van der Waals surface area contributed by atoms with Gasteiger partial charge in [0.15, 0.2) is 0 Å². The minimum Gasteiger partial charge on any atom is -0.492 e. The van der Waals surface area contributed by atoms with E-state index in [0.717, 1.165) is 0 Å². The van der Waals surface area contributed by atoms with Gasteiger partial charge in [-0.05, 0) is 43.4 Å². The Morgan fingerprint density at radius 2 is 2.04 bits per heavy atom. The van der Waals surface area contributed by atoms with E-state index in [1.807, 2.05) is 25.1 Å². The van der Waals surface area contributed by atoms with Crippen molar-refractivity contribution in [1.29, 1.82) is 5.26 Å². The summed E-state index contributed by atoms with van der Waals surface area (Å²) in [6.45, 7) is 2.24. The second kappa shape index (κ2) is 6.36. The van der Waals surface area contributed by atoms with Gasteiger partial charge in [-0.3, -0.25) is 9.59 Å². The number of hydrogen-bond acceptors (Lipinski definition) is 4. The zero-order chi connectivity index (χ0) is 17.3. The van der Waals surface area contributed by atoms with Gasteiger partial charge in [0.1, 0.15) is 5.75 Å². The van der Waals surface area contributed by atoms with Crippen LogP contribution in [0.1, 0.15) is 18.9 Å². The number of fused-ring (bicyclic) bond motifs is 2. The van der Waals surface area contributed by atoms with Crippen molar-refractivity contribution in [2.24, 2.45) is 23.7 Å². The minimum atomic E-state index is -0.942. The van der Waals surface area contributed by atoms with E-state index in [4.69, 9.17) is 10.00 Å². The van der Waals surface area contributed by atoms with Crippen molar-refractivity contribution in [2.45, 2.75) is 13.3 Å². The predicted octanol–water partition coefficient (Wildman–Crippen LogP) is 2.42. The highest BCUT2D eigenvalue weighted by molar-refractivity contribution is 5.97. The molecule has 4 atom stereocenters. The third-order valence-corrected chi connectivity index (χ3v) is 4.71. The van der Waals surface area contributed by atoms with Gasteiger partial charge in [-0.15, -0.1) is 0 Å². The van der Waals surface area contributed by atoms with Crippen molar-refractivity contribution in [3.8, 4) is 11.8 Å². The van der Waals surface area contributed by atoms with E-state index in [9.17, 15) is 14.7 Å². The fourth-order valence-corrected chi connectivity index (χ4v) is 3.71. The first kappa shape index (κ1) is 16.1. The van der Waals surface area contributed by atoms with Crippen LogP contribution in [0.3, 0.4) is 0 Å². The average molecular weight is 326 g/mol. The van der Waals surface area contributed by atoms with Crippen LogP contribution < -0.4 is 10.1 Å². The molecule has 6 heteroatoms. The van der Waals surface area contributed by atoms with Crippen molar-refractivity contribution in [3.63, 3.8) is 0 Å². The van der Waals surface area contributed by atoms with Gasteiger partial charge in [-0.1, -0.05) is 12.2 Å². The Kier molecular flexibility index (Phi) is 4.26. The van der Waals surface area contributed by atoms with Crippen LogP contribution in [0.5, 0.6) is 5.75 Å². The summed E-state index contributed by atoms with van der Waals surface area (Å²) < 4.78 is 5.48. The van der Waals surface area contributed by atoms with Gasteiger partial charge in [0.05, 0.1) is 35.8 Å². The van der Waals surface area contributed by atoms with Gasteiger partial charge < -0.3 is 15.2 Å². The lowest BCUT2D eigenvalue weighted by Gasteiger charge is -2.24. The molecule has 1 aromatic carbocycles. The molecule has 0 aliphatic heterocycles. The van der Waals surface area contributed by atoms with Crippen LogP contribution in [0.25, 0.3) is 0 Å². The van der Waals surface area contributed by atoms with E-state index in [1.54, 1.807) is 18.2 Å². The second-order valence-electron chi connectivity index (χ2n) is 6.08. The number of rotatable bonds is 5. The first-order chi connectivity index (χ1) is 11.5. The van der Waals surface area contributed by atoms with Crippen molar-refractivity contribution >= 4 is 17.6 Å². The Labute approximate surface area is 139 Å². The van der Waals surface area contributed by atoms with Crippen LogP contribution in [-0.2, 0) is 9.59 Å². The molecule has 1 fully saturated rings. The lowest BCUT2D eigenvalue weighted by molar-refractivity contribution is -0.146. The number of allylic oxidation sites excluding steroid dienone is 2. The topological polar surface area (TPSA) is 99.4 Å². The predicted molar refractivity (Wildman–Crippen MR) is 86.3 cm³/mol. The van der Waals surface area contributed by atoms with Crippen molar-refractivity contribution in [1.82, 2.24) is 0 Å². The molecule has 2 bridgehead atoms. The Morgan fingerprint density at radius 1 is 1.33 bits per heavy atom. The summed E-state index contributed by atoms with van der Waals surface area (Å²) in [4.78, 5) is 24.3. The third-order valence-electron chi connectivity index (χ3n) is 4.71. The number of amides is 1. The zero-order valence-electron chi connectivity index (χ0n) is 13.2. The van der Waals surface area contributed by atoms with E-state index in [0.29, 0.717) is 30.0 Å². The molecule has 124 valence electrons. The van der Waals surface area contributed by atoms with Gasteiger partial charge in [0.2, 0.25) is 5.91 Å². The molecule has 2 aliphatic carbocycles. The molecule has 2 N–H and O–H groups in total. The van der Waals surface area contributed by atoms with E-state index in [-0.39, 0.29) is 17.7 Å². The summed E-state index contributed by atoms with van der Waals surface area (Å²) in [5.41, 5.74) is 0.799. The molecule has 0 aromatic heterocycles. The molecular weight excluding hydrogens is 308 g/mol. The zero-order valence-corrected chi connectivity index (χ0v) is 13.2. The monoisotopic (exact) mass is 326 g/mol. The lowest BCUT2D eigenvalue weighted by Crippen LogP contribution is -2.36. The first-order valence-corrected chi connectivity index (χ1v) is 7.94. The first-order valence-electron chi connectivity index (χ1n) is 7.94. The number of carboxylic acids is 1. The number of hydrogen-bond donors (Lipinski definition) is 2. The quantitative estimate of drug-likeness (QED) is 0.810. The smallest absolute Gasteiger partial charge is 0.307 e. The van der Waals surface area contributed by atoms with Gasteiger partial charge in [-0.2, -0.15) is 5.26 Å². The van der Waals surface area contributed by atoms with Crippen LogP contribution in [0.15, 0.2) is 30.4 Å². The molecule has 1 aromatic rings. The number of carbonyl (C=O) groups excluding carboxylic acids is 1. The van der Waals surface area contributed by atoms with Crippen LogP contribution >= 0.6 is 0 Å². The van der Waals surface area contributed by atoms with Crippen LogP contribution in [0, 0.1) is 35.0 Å².